The second kappa shape index (κ2) is 5.39. The Bertz CT molecular complexity index is 332. The van der Waals surface area contributed by atoms with Crippen molar-refractivity contribution in [1.29, 1.82) is 0 Å². The number of hydrogen-bond acceptors (Lipinski definition) is 3. The molecule has 0 spiro atoms. The molecule has 1 atom stereocenters. The summed E-state index contributed by atoms with van der Waals surface area (Å²) in [6, 6.07) is 2.06. The van der Waals surface area contributed by atoms with Gasteiger partial charge < -0.3 is 5.73 Å². The van der Waals surface area contributed by atoms with E-state index in [1.165, 1.54) is 31.4 Å². The van der Waals surface area contributed by atoms with Crippen molar-refractivity contribution in [2.75, 3.05) is 0 Å². The van der Waals surface area contributed by atoms with Crippen LogP contribution in [0.2, 0.25) is 0 Å². The lowest BCUT2D eigenvalue weighted by atomic mass is 10.0. The molecule has 0 radical (unpaired) electrons. The lowest BCUT2D eigenvalue weighted by Gasteiger charge is -2.12. The van der Waals surface area contributed by atoms with E-state index in [2.05, 4.69) is 23.0 Å². The number of aromatic nitrogens is 2. The lowest BCUT2D eigenvalue weighted by Crippen LogP contribution is -2.15. The third-order valence-electron chi connectivity index (χ3n) is 3.40. The van der Waals surface area contributed by atoms with E-state index in [9.17, 15) is 0 Å². The Morgan fingerprint density at radius 3 is 2.88 bits per heavy atom. The van der Waals surface area contributed by atoms with Gasteiger partial charge in [0.25, 0.3) is 0 Å². The second-order valence-corrected chi connectivity index (χ2v) is 4.72. The van der Waals surface area contributed by atoms with Crippen molar-refractivity contribution in [3.63, 3.8) is 0 Å². The van der Waals surface area contributed by atoms with E-state index in [4.69, 9.17) is 5.73 Å². The maximum Gasteiger partial charge on any atom is 0.145 e. The van der Waals surface area contributed by atoms with E-state index < -0.39 is 0 Å². The van der Waals surface area contributed by atoms with Gasteiger partial charge in [-0.05, 0) is 25.3 Å². The first-order valence-electron chi connectivity index (χ1n) is 6.39. The predicted molar refractivity (Wildman–Crippen MR) is 65.1 cm³/mol. The fourth-order valence-corrected chi connectivity index (χ4v) is 2.46. The van der Waals surface area contributed by atoms with Crippen molar-refractivity contribution in [3.05, 3.63) is 23.8 Å². The number of rotatable bonds is 4. The van der Waals surface area contributed by atoms with Gasteiger partial charge in [-0.15, -0.1) is 0 Å². The van der Waals surface area contributed by atoms with Gasteiger partial charge in [0, 0.05) is 17.8 Å². The van der Waals surface area contributed by atoms with Crippen LogP contribution < -0.4 is 5.73 Å². The summed E-state index contributed by atoms with van der Waals surface area (Å²) in [6.07, 6.45) is 9.15. The quantitative estimate of drug-likeness (QED) is 0.847. The fourth-order valence-electron chi connectivity index (χ4n) is 2.46. The molecular weight excluding hydrogens is 198 g/mol. The molecule has 0 saturated heterocycles. The van der Waals surface area contributed by atoms with Gasteiger partial charge in [-0.3, -0.25) is 0 Å². The Labute approximate surface area is 97.5 Å². The molecule has 16 heavy (non-hydrogen) atoms. The minimum Gasteiger partial charge on any atom is -0.321 e. The van der Waals surface area contributed by atoms with Crippen molar-refractivity contribution in [2.24, 2.45) is 5.73 Å². The summed E-state index contributed by atoms with van der Waals surface area (Å²) >= 11 is 0. The van der Waals surface area contributed by atoms with Crippen molar-refractivity contribution < 1.29 is 0 Å². The van der Waals surface area contributed by atoms with Gasteiger partial charge in [0.2, 0.25) is 0 Å². The Balaban J connectivity index is 2.12. The van der Waals surface area contributed by atoms with Crippen molar-refractivity contribution in [3.8, 4) is 0 Å². The maximum atomic E-state index is 6.05. The molecule has 0 aliphatic heterocycles. The van der Waals surface area contributed by atoms with Crippen LogP contribution >= 0.6 is 0 Å². The zero-order valence-electron chi connectivity index (χ0n) is 10.0. The minimum absolute atomic E-state index is 0.00588. The SMILES string of the molecule is CCCC(N)c1nccc(C2CCCC2)n1. The summed E-state index contributed by atoms with van der Waals surface area (Å²) in [5.74, 6) is 1.47. The Morgan fingerprint density at radius 1 is 1.44 bits per heavy atom. The number of hydrogen-bond donors (Lipinski definition) is 1. The average Bonchev–Trinajstić information content (AvgIpc) is 2.83. The van der Waals surface area contributed by atoms with Gasteiger partial charge in [-0.1, -0.05) is 26.2 Å². The van der Waals surface area contributed by atoms with Crippen LogP contribution in [0.1, 0.15) is 68.9 Å². The summed E-state index contributed by atoms with van der Waals surface area (Å²) in [5.41, 5.74) is 7.25. The zero-order valence-corrected chi connectivity index (χ0v) is 10.0. The number of nitrogens with two attached hydrogens (primary N) is 1. The van der Waals surface area contributed by atoms with E-state index in [1.54, 1.807) is 0 Å². The van der Waals surface area contributed by atoms with Gasteiger partial charge in [0.15, 0.2) is 0 Å². The highest BCUT2D eigenvalue weighted by Crippen LogP contribution is 2.33. The summed E-state index contributed by atoms with van der Waals surface area (Å²) in [7, 11) is 0. The molecule has 0 bridgehead atoms. The fraction of sp³-hybridized carbons (Fsp3) is 0.692. The van der Waals surface area contributed by atoms with Crippen LogP contribution in [0.3, 0.4) is 0 Å². The standard InChI is InChI=1S/C13H21N3/c1-2-5-11(14)13-15-9-8-12(16-13)10-6-3-4-7-10/h8-11H,2-7,14H2,1H3. The Kier molecular flexibility index (Phi) is 3.88. The molecule has 3 nitrogen and oxygen atoms in total. The van der Waals surface area contributed by atoms with E-state index in [0.29, 0.717) is 5.92 Å². The first-order chi connectivity index (χ1) is 7.81. The molecule has 0 amide bonds. The molecule has 1 aromatic heterocycles. The highest BCUT2D eigenvalue weighted by Gasteiger charge is 2.19. The topological polar surface area (TPSA) is 51.8 Å². The van der Waals surface area contributed by atoms with Gasteiger partial charge in [0.05, 0.1) is 6.04 Å². The third kappa shape index (κ3) is 2.59. The summed E-state index contributed by atoms with van der Waals surface area (Å²) < 4.78 is 0. The molecule has 1 unspecified atom stereocenters. The lowest BCUT2D eigenvalue weighted by molar-refractivity contribution is 0.588. The summed E-state index contributed by atoms with van der Waals surface area (Å²) in [6.45, 7) is 2.14. The Morgan fingerprint density at radius 2 is 2.19 bits per heavy atom. The molecule has 1 saturated carbocycles. The Hall–Kier alpha value is -0.960. The monoisotopic (exact) mass is 219 g/mol. The van der Waals surface area contributed by atoms with Gasteiger partial charge in [-0.25, -0.2) is 9.97 Å². The van der Waals surface area contributed by atoms with Crippen molar-refractivity contribution in [2.45, 2.75) is 57.4 Å². The van der Waals surface area contributed by atoms with Gasteiger partial charge >= 0.3 is 0 Å². The summed E-state index contributed by atoms with van der Waals surface area (Å²) in [4.78, 5) is 8.93. The van der Waals surface area contributed by atoms with Gasteiger partial charge in [0.1, 0.15) is 5.82 Å². The molecule has 0 aromatic carbocycles. The van der Waals surface area contributed by atoms with Gasteiger partial charge in [-0.2, -0.15) is 0 Å². The molecule has 88 valence electrons. The van der Waals surface area contributed by atoms with Crippen molar-refractivity contribution >= 4 is 0 Å². The molecule has 1 aliphatic rings. The van der Waals surface area contributed by atoms with Crippen LogP contribution in [0, 0.1) is 0 Å². The molecule has 3 heteroatoms. The highest BCUT2D eigenvalue weighted by molar-refractivity contribution is 5.11. The molecule has 2 rings (SSSR count). The minimum atomic E-state index is 0.00588. The van der Waals surface area contributed by atoms with Crippen LogP contribution in [-0.2, 0) is 0 Å². The van der Waals surface area contributed by atoms with Crippen LogP contribution in [-0.4, -0.2) is 9.97 Å². The van der Waals surface area contributed by atoms with E-state index >= 15 is 0 Å². The van der Waals surface area contributed by atoms with E-state index in [0.717, 1.165) is 18.7 Å². The van der Waals surface area contributed by atoms with E-state index in [1.807, 2.05) is 6.20 Å². The van der Waals surface area contributed by atoms with E-state index in [-0.39, 0.29) is 6.04 Å². The molecular formula is C13H21N3. The average molecular weight is 219 g/mol. The smallest absolute Gasteiger partial charge is 0.145 e. The molecule has 1 aliphatic carbocycles. The predicted octanol–water partition coefficient (Wildman–Crippen LogP) is 2.93. The number of nitrogens with zero attached hydrogens (tertiary/aromatic N) is 2. The normalized spacial score (nSPS) is 18.9. The molecule has 1 fully saturated rings. The molecule has 2 N–H and O–H groups in total. The highest BCUT2D eigenvalue weighted by atomic mass is 14.9. The first kappa shape index (κ1) is 11.5. The molecule has 1 heterocycles. The first-order valence-corrected chi connectivity index (χ1v) is 6.39. The van der Waals surface area contributed by atoms with Crippen LogP contribution in [0.4, 0.5) is 0 Å². The zero-order chi connectivity index (χ0) is 11.4. The largest absolute Gasteiger partial charge is 0.321 e. The van der Waals surface area contributed by atoms with Crippen LogP contribution in [0.15, 0.2) is 12.3 Å². The third-order valence-corrected chi connectivity index (χ3v) is 3.40. The summed E-state index contributed by atoms with van der Waals surface area (Å²) in [5, 5.41) is 0. The maximum absolute atomic E-state index is 6.05. The molecule has 1 aromatic rings. The van der Waals surface area contributed by atoms with Crippen LogP contribution in [0.5, 0.6) is 0 Å². The van der Waals surface area contributed by atoms with Crippen LogP contribution in [0.25, 0.3) is 0 Å². The van der Waals surface area contributed by atoms with Crippen molar-refractivity contribution in [1.82, 2.24) is 9.97 Å². The second-order valence-electron chi connectivity index (χ2n) is 4.72.